The molecule has 0 spiro atoms. The third kappa shape index (κ3) is 4.49. The minimum absolute atomic E-state index is 0.123. The summed E-state index contributed by atoms with van der Waals surface area (Å²) in [7, 11) is 0. The third-order valence-corrected chi connectivity index (χ3v) is 4.13. The van der Waals surface area contributed by atoms with Crippen LogP contribution in [0.4, 0.5) is 0 Å². The molecule has 0 aliphatic heterocycles. The normalized spacial score (nSPS) is 20.0. The summed E-state index contributed by atoms with van der Waals surface area (Å²) in [6, 6.07) is -0.814. The second kappa shape index (κ2) is 6.89. The molecule has 0 heterocycles. The van der Waals surface area contributed by atoms with Gasteiger partial charge in [-0.05, 0) is 30.7 Å². The van der Waals surface area contributed by atoms with Gasteiger partial charge in [0.05, 0.1) is 0 Å². The first-order valence-corrected chi connectivity index (χ1v) is 7.12. The van der Waals surface area contributed by atoms with E-state index in [1.807, 2.05) is 0 Å². The summed E-state index contributed by atoms with van der Waals surface area (Å²) in [4.78, 5) is 23.1. The summed E-state index contributed by atoms with van der Waals surface area (Å²) in [5, 5.41) is 11.7. The Kier molecular flexibility index (Phi) is 5.79. The maximum atomic E-state index is 12.1. The molecule has 0 radical (unpaired) electrons. The Morgan fingerprint density at radius 2 is 1.84 bits per heavy atom. The number of carbonyl (C=O) groups is 2. The van der Waals surface area contributed by atoms with Gasteiger partial charge in [-0.15, -0.1) is 0 Å². The molecule has 0 aromatic carbocycles. The molecule has 1 atom stereocenters. The van der Waals surface area contributed by atoms with Crippen molar-refractivity contribution in [2.45, 2.75) is 58.4 Å². The number of rotatable bonds is 6. The van der Waals surface area contributed by atoms with Gasteiger partial charge in [-0.25, -0.2) is 4.79 Å². The molecule has 110 valence electrons. The molecule has 1 saturated carbocycles. The number of aliphatic carboxylic acids is 1. The molecule has 0 aromatic heterocycles. The number of nitrogens with two attached hydrogens (primary N) is 1. The standard InChI is InChI=1S/C14H26N2O3/c1-10(2)12(13(18)19)16-11(17)8-14(9-15)6-4-3-5-7-14/h10,12H,3-9,15H2,1-2H3,(H,16,17)(H,18,19). The van der Waals surface area contributed by atoms with Crippen LogP contribution in [0.1, 0.15) is 52.4 Å². The average Bonchev–Trinajstić information content (AvgIpc) is 2.36. The lowest BCUT2D eigenvalue weighted by molar-refractivity contribution is -0.143. The van der Waals surface area contributed by atoms with Gasteiger partial charge in [0, 0.05) is 6.42 Å². The molecule has 1 amide bonds. The number of hydrogen-bond acceptors (Lipinski definition) is 3. The van der Waals surface area contributed by atoms with Crippen LogP contribution in [-0.4, -0.2) is 29.6 Å². The number of hydrogen-bond donors (Lipinski definition) is 3. The average molecular weight is 270 g/mol. The predicted octanol–water partition coefficient (Wildman–Crippen LogP) is 1.51. The van der Waals surface area contributed by atoms with Crippen molar-refractivity contribution in [2.75, 3.05) is 6.54 Å². The largest absolute Gasteiger partial charge is 0.480 e. The molecule has 0 aromatic rings. The highest BCUT2D eigenvalue weighted by atomic mass is 16.4. The van der Waals surface area contributed by atoms with Crippen molar-refractivity contribution < 1.29 is 14.7 Å². The molecule has 1 unspecified atom stereocenters. The molecule has 19 heavy (non-hydrogen) atoms. The van der Waals surface area contributed by atoms with E-state index in [-0.39, 0.29) is 17.2 Å². The van der Waals surface area contributed by atoms with Crippen molar-refractivity contribution >= 4 is 11.9 Å². The van der Waals surface area contributed by atoms with Gasteiger partial charge in [-0.3, -0.25) is 4.79 Å². The molecular weight excluding hydrogens is 244 g/mol. The van der Waals surface area contributed by atoms with Crippen LogP contribution in [0.2, 0.25) is 0 Å². The first kappa shape index (κ1) is 16.0. The molecule has 1 aliphatic rings. The van der Waals surface area contributed by atoms with E-state index in [1.54, 1.807) is 13.8 Å². The zero-order valence-corrected chi connectivity index (χ0v) is 11.9. The lowest BCUT2D eigenvalue weighted by Crippen LogP contribution is -2.47. The molecule has 5 nitrogen and oxygen atoms in total. The number of carbonyl (C=O) groups excluding carboxylic acids is 1. The molecule has 1 fully saturated rings. The highest BCUT2D eigenvalue weighted by Gasteiger charge is 2.34. The second-order valence-corrected chi connectivity index (χ2v) is 6.07. The van der Waals surface area contributed by atoms with E-state index < -0.39 is 12.0 Å². The lowest BCUT2D eigenvalue weighted by Gasteiger charge is -2.36. The van der Waals surface area contributed by atoms with E-state index in [2.05, 4.69) is 5.32 Å². The van der Waals surface area contributed by atoms with Gasteiger partial charge in [-0.2, -0.15) is 0 Å². The van der Waals surface area contributed by atoms with Gasteiger partial charge >= 0.3 is 5.97 Å². The minimum Gasteiger partial charge on any atom is -0.480 e. The van der Waals surface area contributed by atoms with E-state index in [0.717, 1.165) is 25.7 Å². The summed E-state index contributed by atoms with van der Waals surface area (Å²) >= 11 is 0. The summed E-state index contributed by atoms with van der Waals surface area (Å²) in [5.74, 6) is -1.29. The maximum Gasteiger partial charge on any atom is 0.326 e. The number of nitrogens with one attached hydrogen (secondary N) is 1. The summed E-state index contributed by atoms with van der Waals surface area (Å²) in [6.45, 7) is 4.08. The SMILES string of the molecule is CC(C)C(NC(=O)CC1(CN)CCCCC1)C(=O)O. The predicted molar refractivity (Wildman–Crippen MR) is 73.6 cm³/mol. The minimum atomic E-state index is -0.978. The summed E-state index contributed by atoms with van der Waals surface area (Å²) in [5.41, 5.74) is 5.72. The molecule has 5 heteroatoms. The zero-order valence-electron chi connectivity index (χ0n) is 11.9. The van der Waals surface area contributed by atoms with Gasteiger partial charge in [0.15, 0.2) is 0 Å². The van der Waals surface area contributed by atoms with Crippen molar-refractivity contribution in [3.8, 4) is 0 Å². The molecule has 0 saturated heterocycles. The fourth-order valence-electron chi connectivity index (χ4n) is 2.83. The van der Waals surface area contributed by atoms with Gasteiger partial charge in [0.25, 0.3) is 0 Å². The first-order chi connectivity index (χ1) is 8.90. The highest BCUT2D eigenvalue weighted by molar-refractivity contribution is 5.84. The Morgan fingerprint density at radius 1 is 1.26 bits per heavy atom. The van der Waals surface area contributed by atoms with E-state index in [0.29, 0.717) is 13.0 Å². The van der Waals surface area contributed by atoms with Gasteiger partial charge < -0.3 is 16.2 Å². The van der Waals surface area contributed by atoms with Crippen LogP contribution < -0.4 is 11.1 Å². The third-order valence-electron chi connectivity index (χ3n) is 4.13. The molecular formula is C14H26N2O3. The van der Waals surface area contributed by atoms with Crippen LogP contribution >= 0.6 is 0 Å². The molecule has 0 bridgehead atoms. The Morgan fingerprint density at radius 3 is 2.26 bits per heavy atom. The Labute approximate surface area is 114 Å². The molecule has 1 rings (SSSR count). The number of carboxylic acids is 1. The lowest BCUT2D eigenvalue weighted by atomic mass is 9.71. The second-order valence-electron chi connectivity index (χ2n) is 6.07. The Bertz CT molecular complexity index is 323. The topological polar surface area (TPSA) is 92.4 Å². The smallest absolute Gasteiger partial charge is 0.326 e. The van der Waals surface area contributed by atoms with Crippen molar-refractivity contribution in [1.29, 1.82) is 0 Å². The quantitative estimate of drug-likeness (QED) is 0.682. The fraction of sp³-hybridized carbons (Fsp3) is 0.857. The fourth-order valence-corrected chi connectivity index (χ4v) is 2.83. The van der Waals surface area contributed by atoms with Crippen LogP contribution in [0.5, 0.6) is 0 Å². The number of carboxylic acid groups (broad SMARTS) is 1. The van der Waals surface area contributed by atoms with Crippen molar-refractivity contribution in [3.05, 3.63) is 0 Å². The van der Waals surface area contributed by atoms with E-state index in [9.17, 15) is 9.59 Å². The zero-order chi connectivity index (χ0) is 14.5. The summed E-state index contributed by atoms with van der Waals surface area (Å²) < 4.78 is 0. The van der Waals surface area contributed by atoms with Gasteiger partial charge in [0.1, 0.15) is 6.04 Å². The van der Waals surface area contributed by atoms with Crippen molar-refractivity contribution in [1.82, 2.24) is 5.32 Å². The van der Waals surface area contributed by atoms with Crippen molar-refractivity contribution in [2.24, 2.45) is 17.1 Å². The first-order valence-electron chi connectivity index (χ1n) is 7.12. The van der Waals surface area contributed by atoms with Crippen molar-refractivity contribution in [3.63, 3.8) is 0 Å². The Balaban J connectivity index is 2.59. The Hall–Kier alpha value is -1.10. The van der Waals surface area contributed by atoms with Crippen LogP contribution in [-0.2, 0) is 9.59 Å². The van der Waals surface area contributed by atoms with E-state index >= 15 is 0 Å². The van der Waals surface area contributed by atoms with E-state index in [1.165, 1.54) is 6.42 Å². The van der Waals surface area contributed by atoms with Crippen LogP contribution in [0.25, 0.3) is 0 Å². The molecule has 4 N–H and O–H groups in total. The maximum absolute atomic E-state index is 12.1. The van der Waals surface area contributed by atoms with Gasteiger partial charge in [-0.1, -0.05) is 33.1 Å². The molecule has 1 aliphatic carbocycles. The van der Waals surface area contributed by atoms with Crippen LogP contribution in [0.3, 0.4) is 0 Å². The monoisotopic (exact) mass is 270 g/mol. The summed E-state index contributed by atoms with van der Waals surface area (Å²) in [6.07, 6.45) is 5.70. The number of amides is 1. The van der Waals surface area contributed by atoms with Gasteiger partial charge in [0.2, 0.25) is 5.91 Å². The van der Waals surface area contributed by atoms with E-state index in [4.69, 9.17) is 10.8 Å². The highest BCUT2D eigenvalue weighted by Crippen LogP contribution is 2.38. The van der Waals surface area contributed by atoms with Crippen LogP contribution in [0.15, 0.2) is 0 Å². The van der Waals surface area contributed by atoms with Crippen LogP contribution in [0, 0.1) is 11.3 Å².